The molecule has 0 aliphatic carbocycles. The molecule has 14 heavy (non-hydrogen) atoms. The Bertz CT molecular complexity index is 268. The van der Waals surface area contributed by atoms with Gasteiger partial charge in [0.25, 0.3) is 0 Å². The summed E-state index contributed by atoms with van der Waals surface area (Å²) in [5.41, 5.74) is 1.33. The molecule has 0 saturated carbocycles. The number of nitrogens with zero attached hydrogens (tertiary/aromatic N) is 2. The van der Waals surface area contributed by atoms with Crippen molar-refractivity contribution in [3.8, 4) is 0 Å². The second-order valence-electron chi connectivity index (χ2n) is 3.83. The number of hydrogen-bond donors (Lipinski definition) is 0. The molecule has 1 heterocycles. The van der Waals surface area contributed by atoms with Crippen molar-refractivity contribution in [1.82, 2.24) is 9.78 Å². The Hall–Kier alpha value is -0.310. The van der Waals surface area contributed by atoms with Crippen molar-refractivity contribution in [3.05, 3.63) is 18.0 Å². The molecular formula is C11H19BrN2. The van der Waals surface area contributed by atoms with Crippen molar-refractivity contribution in [3.63, 3.8) is 0 Å². The lowest BCUT2D eigenvalue weighted by Crippen LogP contribution is -2.12. The Kier molecular flexibility index (Phi) is 4.66. The second kappa shape index (κ2) is 5.54. The van der Waals surface area contributed by atoms with E-state index in [0.717, 1.165) is 12.3 Å². The summed E-state index contributed by atoms with van der Waals surface area (Å²) >= 11 is 3.66. The summed E-state index contributed by atoms with van der Waals surface area (Å²) in [6.07, 6.45) is 5.48. The SMILES string of the molecule is CCC(CCc1ccnn1C)C(C)Br. The van der Waals surface area contributed by atoms with Gasteiger partial charge in [-0.1, -0.05) is 36.2 Å². The number of rotatable bonds is 5. The van der Waals surface area contributed by atoms with E-state index < -0.39 is 0 Å². The zero-order valence-electron chi connectivity index (χ0n) is 9.20. The van der Waals surface area contributed by atoms with Crippen LogP contribution in [0.1, 0.15) is 32.4 Å². The number of hydrogen-bond acceptors (Lipinski definition) is 1. The molecule has 0 bridgehead atoms. The van der Waals surface area contributed by atoms with E-state index in [9.17, 15) is 0 Å². The third-order valence-corrected chi connectivity index (χ3v) is 3.62. The maximum Gasteiger partial charge on any atom is 0.0492 e. The van der Waals surface area contributed by atoms with Gasteiger partial charge in [-0.3, -0.25) is 4.68 Å². The summed E-state index contributed by atoms with van der Waals surface area (Å²) < 4.78 is 1.96. The van der Waals surface area contributed by atoms with Gasteiger partial charge in [-0.15, -0.1) is 0 Å². The molecule has 1 aromatic heterocycles. The van der Waals surface area contributed by atoms with Gasteiger partial charge in [-0.05, 0) is 24.8 Å². The average Bonchev–Trinajstić information content (AvgIpc) is 2.52. The highest BCUT2D eigenvalue weighted by atomic mass is 79.9. The van der Waals surface area contributed by atoms with Crippen molar-refractivity contribution in [2.75, 3.05) is 0 Å². The van der Waals surface area contributed by atoms with E-state index in [2.05, 4.69) is 40.9 Å². The molecule has 0 aliphatic heterocycles. The smallest absolute Gasteiger partial charge is 0.0492 e. The normalized spacial score (nSPS) is 15.4. The van der Waals surface area contributed by atoms with Crippen molar-refractivity contribution >= 4 is 15.9 Å². The summed E-state index contributed by atoms with van der Waals surface area (Å²) in [4.78, 5) is 0.612. The van der Waals surface area contributed by atoms with Gasteiger partial charge in [0.15, 0.2) is 0 Å². The van der Waals surface area contributed by atoms with Crippen LogP contribution in [0.15, 0.2) is 12.3 Å². The van der Waals surface area contributed by atoms with Crippen LogP contribution in [0.4, 0.5) is 0 Å². The summed E-state index contributed by atoms with van der Waals surface area (Å²) in [6.45, 7) is 4.49. The van der Waals surface area contributed by atoms with E-state index in [1.54, 1.807) is 0 Å². The van der Waals surface area contributed by atoms with Crippen LogP contribution >= 0.6 is 15.9 Å². The Morgan fingerprint density at radius 1 is 1.57 bits per heavy atom. The summed E-state index contributed by atoms with van der Waals surface area (Å²) in [5, 5.41) is 4.17. The highest BCUT2D eigenvalue weighted by molar-refractivity contribution is 9.09. The van der Waals surface area contributed by atoms with Gasteiger partial charge < -0.3 is 0 Å². The maximum absolute atomic E-state index is 4.17. The molecule has 0 spiro atoms. The van der Waals surface area contributed by atoms with Crippen molar-refractivity contribution < 1.29 is 0 Å². The van der Waals surface area contributed by atoms with Gasteiger partial charge in [0.05, 0.1) is 0 Å². The number of alkyl halides is 1. The molecule has 0 amide bonds. The molecule has 2 unspecified atom stereocenters. The highest BCUT2D eigenvalue weighted by Gasteiger charge is 2.12. The largest absolute Gasteiger partial charge is 0.273 e. The average molecular weight is 259 g/mol. The molecule has 0 aromatic carbocycles. The minimum absolute atomic E-state index is 0.612. The summed E-state index contributed by atoms with van der Waals surface area (Å²) in [5.74, 6) is 0.768. The Morgan fingerprint density at radius 2 is 2.29 bits per heavy atom. The molecule has 1 aromatic rings. The lowest BCUT2D eigenvalue weighted by atomic mass is 9.96. The maximum atomic E-state index is 4.17. The first-order chi connectivity index (χ1) is 6.65. The molecular weight excluding hydrogens is 240 g/mol. The zero-order valence-corrected chi connectivity index (χ0v) is 10.8. The third-order valence-electron chi connectivity index (χ3n) is 2.87. The minimum Gasteiger partial charge on any atom is -0.273 e. The first kappa shape index (κ1) is 11.8. The van der Waals surface area contributed by atoms with Crippen molar-refractivity contribution in [2.45, 2.75) is 37.9 Å². The van der Waals surface area contributed by atoms with E-state index >= 15 is 0 Å². The zero-order chi connectivity index (χ0) is 10.6. The molecule has 0 fully saturated rings. The molecule has 0 saturated heterocycles. The Balaban J connectivity index is 2.43. The van der Waals surface area contributed by atoms with Crippen LogP contribution in [0.5, 0.6) is 0 Å². The van der Waals surface area contributed by atoms with E-state index in [4.69, 9.17) is 0 Å². The Morgan fingerprint density at radius 3 is 2.71 bits per heavy atom. The first-order valence-electron chi connectivity index (χ1n) is 5.26. The lowest BCUT2D eigenvalue weighted by molar-refractivity contribution is 0.464. The predicted molar refractivity (Wildman–Crippen MR) is 63.7 cm³/mol. The van der Waals surface area contributed by atoms with E-state index in [0.29, 0.717) is 4.83 Å². The van der Waals surface area contributed by atoms with Crippen molar-refractivity contribution in [2.24, 2.45) is 13.0 Å². The lowest BCUT2D eigenvalue weighted by Gasteiger charge is -2.17. The molecule has 3 heteroatoms. The van der Waals surface area contributed by atoms with Gasteiger partial charge >= 0.3 is 0 Å². The number of halogens is 1. The fraction of sp³-hybridized carbons (Fsp3) is 0.727. The quantitative estimate of drug-likeness (QED) is 0.743. The summed E-state index contributed by atoms with van der Waals surface area (Å²) in [6, 6.07) is 2.10. The molecule has 0 N–H and O–H groups in total. The topological polar surface area (TPSA) is 17.8 Å². The fourth-order valence-corrected chi connectivity index (χ4v) is 2.38. The van der Waals surface area contributed by atoms with E-state index in [-0.39, 0.29) is 0 Å². The minimum atomic E-state index is 0.612. The van der Waals surface area contributed by atoms with Crippen LogP contribution < -0.4 is 0 Å². The van der Waals surface area contributed by atoms with Gasteiger partial charge in [-0.25, -0.2) is 0 Å². The van der Waals surface area contributed by atoms with Crippen LogP contribution in [-0.4, -0.2) is 14.6 Å². The molecule has 2 atom stereocenters. The predicted octanol–water partition coefficient (Wildman–Crippen LogP) is 3.16. The number of aryl methyl sites for hydroxylation is 2. The van der Waals surface area contributed by atoms with E-state index in [1.807, 2.05) is 17.9 Å². The third kappa shape index (κ3) is 3.12. The van der Waals surface area contributed by atoms with Gasteiger partial charge in [0.1, 0.15) is 0 Å². The van der Waals surface area contributed by atoms with Gasteiger partial charge in [0.2, 0.25) is 0 Å². The van der Waals surface area contributed by atoms with Crippen LogP contribution in [0.3, 0.4) is 0 Å². The van der Waals surface area contributed by atoms with Gasteiger partial charge in [0, 0.05) is 23.8 Å². The second-order valence-corrected chi connectivity index (χ2v) is 5.28. The Labute approximate surface area is 94.8 Å². The number of aromatic nitrogens is 2. The van der Waals surface area contributed by atoms with Crippen LogP contribution in [0.2, 0.25) is 0 Å². The molecule has 0 radical (unpaired) electrons. The monoisotopic (exact) mass is 258 g/mol. The standard InChI is InChI=1S/C11H19BrN2/c1-4-10(9(2)12)5-6-11-7-8-13-14(11)3/h7-10H,4-6H2,1-3H3. The van der Waals surface area contributed by atoms with Crippen molar-refractivity contribution in [1.29, 1.82) is 0 Å². The molecule has 1 rings (SSSR count). The van der Waals surface area contributed by atoms with Crippen LogP contribution in [-0.2, 0) is 13.5 Å². The molecule has 0 aliphatic rings. The van der Waals surface area contributed by atoms with Gasteiger partial charge in [-0.2, -0.15) is 5.10 Å². The van der Waals surface area contributed by atoms with E-state index in [1.165, 1.54) is 18.5 Å². The summed E-state index contributed by atoms with van der Waals surface area (Å²) in [7, 11) is 2.01. The van der Waals surface area contributed by atoms with Crippen LogP contribution in [0, 0.1) is 5.92 Å². The van der Waals surface area contributed by atoms with Crippen LogP contribution in [0.25, 0.3) is 0 Å². The first-order valence-corrected chi connectivity index (χ1v) is 6.17. The highest BCUT2D eigenvalue weighted by Crippen LogP contribution is 2.21. The molecule has 2 nitrogen and oxygen atoms in total. The molecule has 80 valence electrons. The fourth-order valence-electron chi connectivity index (χ4n) is 1.74.